The van der Waals surface area contributed by atoms with Crippen molar-refractivity contribution >= 4 is 17.9 Å². The summed E-state index contributed by atoms with van der Waals surface area (Å²) in [5, 5.41) is 72.1. The predicted octanol–water partition coefficient (Wildman–Crippen LogP) is -17.0. The van der Waals surface area contributed by atoms with Gasteiger partial charge in [0.25, 0.3) is 0 Å². The Kier molecular flexibility index (Phi) is 44.9. The minimum atomic E-state index is -2.97. The quantitative estimate of drug-likeness (QED) is 0.146. The summed E-state index contributed by atoms with van der Waals surface area (Å²) in [6, 6.07) is 0. The van der Waals surface area contributed by atoms with Crippen LogP contribution in [0.25, 0.3) is 0 Å². The maximum atomic E-state index is 10.1. The molecule has 16 heteroatoms. The molecule has 0 aliphatic heterocycles. The Morgan fingerprint density at radius 1 is 0.733 bits per heavy atom. The Morgan fingerprint density at radius 3 is 1.13 bits per heavy atom. The molecular formula is C14H27N2Na3O11. The molecule has 0 atom stereocenters. The zero-order valence-electron chi connectivity index (χ0n) is 17.8. The number of aliphatic hydroxyl groups is 5. The van der Waals surface area contributed by atoms with Gasteiger partial charge in [-0.15, -0.1) is 0 Å². The molecule has 0 saturated heterocycles. The monoisotopic (exact) mass is 468 g/mol. The van der Waals surface area contributed by atoms with Gasteiger partial charge in [0.2, 0.25) is 0 Å². The van der Waals surface area contributed by atoms with Crippen molar-refractivity contribution in [3.05, 3.63) is 0 Å². The number of nitrogens with two attached hydrogens (primary N) is 1. The Morgan fingerprint density at radius 2 is 1.00 bits per heavy atom. The zero-order valence-corrected chi connectivity index (χ0v) is 23.8. The van der Waals surface area contributed by atoms with Gasteiger partial charge in [0.1, 0.15) is 5.60 Å². The number of carbonyl (C=O) groups excluding carboxylic acids is 3. The van der Waals surface area contributed by atoms with Crippen molar-refractivity contribution < 1.29 is 144 Å². The maximum absolute atomic E-state index is 10.1. The van der Waals surface area contributed by atoms with E-state index in [1.165, 1.54) is 0 Å². The average Bonchev–Trinajstić information content (AvgIpc) is 2.55. The summed E-state index contributed by atoms with van der Waals surface area (Å²) in [5.74, 6) is -5.98. The van der Waals surface area contributed by atoms with Crippen LogP contribution < -0.4 is 110 Å². The first-order valence-electron chi connectivity index (χ1n) is 7.73. The normalized spacial score (nSPS) is 9.30. The summed E-state index contributed by atoms with van der Waals surface area (Å²) in [6.07, 6.45) is -2.72. The average molecular weight is 468 g/mol. The molecule has 30 heavy (non-hydrogen) atoms. The number of carboxylic acids is 3. The number of aliphatic hydroxyl groups excluding tert-OH is 4. The molecule has 0 aliphatic rings. The first kappa shape index (κ1) is 44.7. The van der Waals surface area contributed by atoms with E-state index in [0.29, 0.717) is 26.2 Å². The molecule has 0 aromatic heterocycles. The molecule has 0 rings (SSSR count). The van der Waals surface area contributed by atoms with Gasteiger partial charge in [-0.2, -0.15) is 0 Å². The third-order valence-electron chi connectivity index (χ3n) is 2.63. The zero-order chi connectivity index (χ0) is 21.9. The predicted molar refractivity (Wildman–Crippen MR) is 83.0 cm³/mol. The third-order valence-corrected chi connectivity index (χ3v) is 2.63. The molecular weight excluding hydrogens is 441 g/mol. The fourth-order valence-electron chi connectivity index (χ4n) is 1.44. The van der Waals surface area contributed by atoms with E-state index in [4.69, 9.17) is 31.3 Å². The molecule has 0 radical (unpaired) electrons. The number of aliphatic carboxylic acids is 3. The van der Waals surface area contributed by atoms with Gasteiger partial charge < -0.3 is 61.0 Å². The van der Waals surface area contributed by atoms with Crippen LogP contribution in [0.5, 0.6) is 0 Å². The third kappa shape index (κ3) is 31.3. The molecule has 0 aliphatic carbocycles. The molecule has 0 fully saturated rings. The summed E-state index contributed by atoms with van der Waals surface area (Å²) < 4.78 is 0. The first-order valence-corrected chi connectivity index (χ1v) is 7.73. The van der Waals surface area contributed by atoms with Crippen molar-refractivity contribution in [2.24, 2.45) is 5.73 Å². The van der Waals surface area contributed by atoms with E-state index in [0.717, 1.165) is 0 Å². The largest absolute Gasteiger partial charge is 1.00 e. The van der Waals surface area contributed by atoms with E-state index in [1.807, 2.05) is 0 Å². The van der Waals surface area contributed by atoms with E-state index in [-0.39, 0.29) is 115 Å². The number of carbonyl (C=O) groups is 3. The van der Waals surface area contributed by atoms with Crippen molar-refractivity contribution in [1.29, 1.82) is 0 Å². The summed E-state index contributed by atoms with van der Waals surface area (Å²) in [7, 11) is 0. The first-order chi connectivity index (χ1) is 12.5. The van der Waals surface area contributed by atoms with Gasteiger partial charge in [0.05, 0.1) is 32.4 Å². The Hall–Kier alpha value is 1.13. The number of hydrogen-bond acceptors (Lipinski definition) is 13. The topological polar surface area (TPSA) is 251 Å². The molecule has 0 aromatic rings. The molecule has 13 nitrogen and oxygen atoms in total. The standard InChI is InChI=1S/C6H15NO3.C6H8O7.C2H7NO.3Na/c8-4-1-7(2-5-9)3-6-10;7-3(8)1-6(13,5(11)12)2-4(9)10;3-1-2-4;;;/h8-10H,1-6H2;13H,1-2H2,(H,7,8)(H,9,10)(H,11,12);4H,1-3H2;;;/q;;;3*+1/p-3. The number of nitrogens with zero attached hydrogens (tertiary/aromatic N) is 1. The van der Waals surface area contributed by atoms with Crippen LogP contribution in [-0.4, -0.2) is 107 Å². The van der Waals surface area contributed by atoms with Gasteiger partial charge in [0, 0.05) is 51.0 Å². The van der Waals surface area contributed by atoms with Crippen molar-refractivity contribution in [1.82, 2.24) is 4.90 Å². The van der Waals surface area contributed by atoms with E-state index in [2.05, 4.69) is 0 Å². The van der Waals surface area contributed by atoms with Crippen molar-refractivity contribution in [2.45, 2.75) is 18.4 Å². The molecule has 0 saturated carbocycles. The molecule has 0 bridgehead atoms. The molecule has 7 N–H and O–H groups in total. The van der Waals surface area contributed by atoms with Crippen LogP contribution in [0.1, 0.15) is 12.8 Å². The summed E-state index contributed by atoms with van der Waals surface area (Å²) in [5.41, 5.74) is 1.80. The van der Waals surface area contributed by atoms with Crippen LogP contribution in [-0.2, 0) is 14.4 Å². The Balaban J connectivity index is -0.0000000763. The second-order valence-corrected chi connectivity index (χ2v) is 4.94. The van der Waals surface area contributed by atoms with Crippen molar-refractivity contribution in [2.75, 3.05) is 52.6 Å². The van der Waals surface area contributed by atoms with Gasteiger partial charge in [-0.3, -0.25) is 4.90 Å². The molecule has 0 amide bonds. The van der Waals surface area contributed by atoms with Gasteiger partial charge >= 0.3 is 88.7 Å². The summed E-state index contributed by atoms with van der Waals surface area (Å²) in [4.78, 5) is 31.8. The summed E-state index contributed by atoms with van der Waals surface area (Å²) in [6.45, 7) is 2.23. The minimum absolute atomic E-state index is 0. The van der Waals surface area contributed by atoms with E-state index in [9.17, 15) is 29.7 Å². The van der Waals surface area contributed by atoms with E-state index >= 15 is 0 Å². The van der Waals surface area contributed by atoms with E-state index in [1.54, 1.807) is 4.90 Å². The fraction of sp³-hybridized carbons (Fsp3) is 0.786. The number of hydrogen-bond donors (Lipinski definition) is 6. The van der Waals surface area contributed by atoms with Crippen LogP contribution >= 0.6 is 0 Å². The molecule has 0 unspecified atom stereocenters. The summed E-state index contributed by atoms with van der Waals surface area (Å²) >= 11 is 0. The maximum Gasteiger partial charge on any atom is 1.00 e. The molecule has 162 valence electrons. The van der Waals surface area contributed by atoms with Gasteiger partial charge in [0.15, 0.2) is 0 Å². The smallest absolute Gasteiger partial charge is 0.550 e. The molecule has 0 heterocycles. The van der Waals surface area contributed by atoms with Gasteiger partial charge in [-0.05, 0) is 0 Å². The minimum Gasteiger partial charge on any atom is -0.550 e. The number of carboxylic acid groups (broad SMARTS) is 3. The van der Waals surface area contributed by atoms with E-state index < -0.39 is 36.4 Å². The van der Waals surface area contributed by atoms with Crippen LogP contribution in [0.3, 0.4) is 0 Å². The molecule has 0 spiro atoms. The van der Waals surface area contributed by atoms with Crippen molar-refractivity contribution in [3.63, 3.8) is 0 Å². The van der Waals surface area contributed by atoms with Crippen molar-refractivity contribution in [3.8, 4) is 0 Å². The van der Waals surface area contributed by atoms with Crippen LogP contribution in [0.15, 0.2) is 0 Å². The number of rotatable bonds is 12. The second-order valence-electron chi connectivity index (χ2n) is 4.94. The molecule has 0 aromatic carbocycles. The Bertz CT molecular complexity index is 388. The Labute approximate surface area is 241 Å². The van der Waals surface area contributed by atoms with Crippen LogP contribution in [0, 0.1) is 0 Å². The SMILES string of the molecule is NCCO.O=C([O-])CC(O)(CC(=O)[O-])C(=O)[O-].OCCN(CCO)CCO.[Na+].[Na+].[Na+]. The van der Waals surface area contributed by atoms with Crippen LogP contribution in [0.2, 0.25) is 0 Å². The van der Waals surface area contributed by atoms with Gasteiger partial charge in [-0.25, -0.2) is 0 Å². The fourth-order valence-corrected chi connectivity index (χ4v) is 1.44. The second kappa shape index (κ2) is 30.1. The van der Waals surface area contributed by atoms with Gasteiger partial charge in [-0.1, -0.05) is 0 Å². The van der Waals surface area contributed by atoms with Crippen LogP contribution in [0.4, 0.5) is 0 Å².